The van der Waals surface area contributed by atoms with Crippen LogP contribution < -0.4 is 4.74 Å². The van der Waals surface area contributed by atoms with Crippen molar-refractivity contribution in [2.75, 3.05) is 47.1 Å². The highest BCUT2D eigenvalue weighted by molar-refractivity contribution is 9.11. The fraction of sp³-hybridized carbons (Fsp3) is 0.312. The number of halogens is 3. The highest BCUT2D eigenvalue weighted by Gasteiger charge is 2.36. The zero-order chi connectivity index (χ0) is 38.4. The molecule has 270 valence electrons. The molecule has 15 nitrogen and oxygen atoms in total. The molecule has 0 spiro atoms. The fourth-order valence-corrected chi connectivity index (χ4v) is 6.59. The van der Waals surface area contributed by atoms with Gasteiger partial charge >= 0.3 is 18.5 Å². The van der Waals surface area contributed by atoms with Gasteiger partial charge in [0, 0.05) is 13.4 Å². The van der Waals surface area contributed by atoms with Crippen LogP contribution in [-0.2, 0) is 28.8 Å². The Morgan fingerprint density at radius 3 is 1.34 bits per heavy atom. The number of nitrogens with zero attached hydrogens (tertiary/aromatic N) is 4. The van der Waals surface area contributed by atoms with Crippen molar-refractivity contribution in [3.05, 3.63) is 78.1 Å². The van der Waals surface area contributed by atoms with Gasteiger partial charge in [-0.1, -0.05) is 31.9 Å². The lowest BCUT2D eigenvalue weighted by molar-refractivity contribution is -0.194. The Balaban J connectivity index is 0.000000594. The van der Waals surface area contributed by atoms with Gasteiger partial charge in [0.05, 0.1) is 52.7 Å². The molecule has 0 amide bonds. The molecular formula is C32H35Br3N4O11. The van der Waals surface area contributed by atoms with E-state index >= 15 is 0 Å². The largest absolute Gasteiger partial charge is 0.508 e. The van der Waals surface area contributed by atoms with Crippen molar-refractivity contribution in [3.63, 3.8) is 0 Å². The Bertz CT molecular complexity index is 1460. The van der Waals surface area contributed by atoms with Gasteiger partial charge in [-0.05, 0) is 95.9 Å². The predicted octanol–water partition coefficient (Wildman–Crippen LogP) is 4.44. The minimum Gasteiger partial charge on any atom is -0.508 e. The van der Waals surface area contributed by atoms with Gasteiger partial charge in [0.15, 0.2) is 17.8 Å². The van der Waals surface area contributed by atoms with Crippen molar-refractivity contribution in [1.82, 2.24) is 19.6 Å². The van der Waals surface area contributed by atoms with E-state index in [9.17, 15) is 15.0 Å². The monoisotopic (exact) mass is 888 g/mol. The van der Waals surface area contributed by atoms with Gasteiger partial charge < -0.3 is 20.1 Å². The van der Waals surface area contributed by atoms with Crippen LogP contribution in [0, 0.1) is 20.8 Å². The molecule has 4 aliphatic heterocycles. The first-order valence-electron chi connectivity index (χ1n) is 13.9. The predicted molar refractivity (Wildman–Crippen MR) is 185 cm³/mol. The summed E-state index contributed by atoms with van der Waals surface area (Å²) in [6, 6.07) is 12.1. The van der Waals surface area contributed by atoms with Crippen LogP contribution in [0.5, 0.6) is 23.0 Å². The number of ether oxygens (including phenoxy) is 1. The second-order valence-electron chi connectivity index (χ2n) is 10.3. The molecule has 0 aromatic heterocycles. The summed E-state index contributed by atoms with van der Waals surface area (Å²) < 4.78 is 7.36. The molecule has 4 aliphatic rings. The number of carbonyl (C=O) groups is 1. The molecule has 4 heterocycles. The van der Waals surface area contributed by atoms with E-state index in [1.54, 1.807) is 30.3 Å². The molecule has 3 aromatic rings. The van der Waals surface area contributed by atoms with Gasteiger partial charge in [-0.3, -0.25) is 24.4 Å². The van der Waals surface area contributed by atoms with E-state index in [-0.39, 0.29) is 30.0 Å². The van der Waals surface area contributed by atoms with E-state index < -0.39 is 0 Å². The van der Waals surface area contributed by atoms with Gasteiger partial charge in [-0.25, -0.2) is 0 Å². The first-order chi connectivity index (χ1) is 23.6. The smallest absolute Gasteiger partial charge is 0.373 e. The van der Waals surface area contributed by atoms with Gasteiger partial charge in [-0.2, -0.15) is 28.8 Å². The van der Waals surface area contributed by atoms with E-state index in [0.29, 0.717) is 27.8 Å². The maximum atomic E-state index is 10.4. The average Bonchev–Trinajstić information content (AvgIpc) is 2.98. The van der Waals surface area contributed by atoms with E-state index in [1.807, 2.05) is 32.9 Å². The Labute approximate surface area is 313 Å². The van der Waals surface area contributed by atoms with Crippen LogP contribution in [0.2, 0.25) is 0 Å². The lowest BCUT2D eigenvalue weighted by atomic mass is 10.1. The second-order valence-corrected chi connectivity index (χ2v) is 13.0. The molecule has 0 atom stereocenters. The van der Waals surface area contributed by atoms with Gasteiger partial charge in [0.25, 0.3) is 0 Å². The highest BCUT2D eigenvalue weighted by Crippen LogP contribution is 2.32. The molecule has 0 saturated carbocycles. The molecular weight excluding hydrogens is 856 g/mol. The summed E-state index contributed by atoms with van der Waals surface area (Å²) in [6.45, 7) is 12.8. The van der Waals surface area contributed by atoms with Crippen LogP contribution >= 0.6 is 47.8 Å². The van der Waals surface area contributed by atoms with Crippen molar-refractivity contribution >= 4 is 72.5 Å². The maximum absolute atomic E-state index is 10.4. The number of hydrogen-bond acceptors (Lipinski definition) is 15. The molecule has 3 aromatic carbocycles. The Morgan fingerprint density at radius 2 is 1.02 bits per heavy atom. The van der Waals surface area contributed by atoms with Crippen molar-refractivity contribution in [1.29, 1.82) is 0 Å². The summed E-state index contributed by atoms with van der Waals surface area (Å²) in [5, 5.41) is 27.5. The third-order valence-electron chi connectivity index (χ3n) is 6.22. The fourth-order valence-electron chi connectivity index (χ4n) is 4.78. The number of phenolic OH excluding ortho intramolecular Hbond substituents is 3. The zero-order valence-corrected chi connectivity index (χ0v) is 32.1. The molecule has 0 radical (unpaired) electrons. The minimum absolute atomic E-state index is 0.0203. The van der Waals surface area contributed by atoms with Crippen LogP contribution in [-0.4, -0.2) is 107 Å². The van der Waals surface area contributed by atoms with Crippen LogP contribution in [0.3, 0.4) is 0 Å². The summed E-state index contributed by atoms with van der Waals surface area (Å²) in [7, 11) is 1.54. The molecule has 4 fully saturated rings. The number of aromatic hydroxyl groups is 3. The molecule has 50 heavy (non-hydrogen) atoms. The first-order valence-corrected chi connectivity index (χ1v) is 16.3. The quantitative estimate of drug-likeness (QED) is 0.305. The Kier molecular flexibility index (Phi) is 23.0. The lowest BCUT2D eigenvalue weighted by Crippen LogP contribution is -2.71. The third kappa shape index (κ3) is 17.6. The van der Waals surface area contributed by atoms with E-state index in [0.717, 1.165) is 25.6 Å². The summed E-state index contributed by atoms with van der Waals surface area (Å²) >= 11 is 9.68. The average molecular weight is 891 g/mol. The highest BCUT2D eigenvalue weighted by atomic mass is 79.9. The molecule has 18 heteroatoms. The van der Waals surface area contributed by atoms with Crippen molar-refractivity contribution in [3.8, 4) is 23.0 Å². The molecule has 4 bridgehead atoms. The number of aryl methyl sites for hydroxylation is 3. The number of methoxy groups -OCH3 is 1. The van der Waals surface area contributed by atoms with Gasteiger partial charge in [-0.15, -0.1) is 0 Å². The molecule has 0 aliphatic carbocycles. The number of aldehydes is 1. The molecule has 7 rings (SSSR count). The van der Waals surface area contributed by atoms with Crippen LogP contribution in [0.15, 0.2) is 55.9 Å². The van der Waals surface area contributed by atoms with Crippen LogP contribution in [0.25, 0.3) is 0 Å². The van der Waals surface area contributed by atoms with Crippen molar-refractivity contribution < 1.29 is 53.6 Å². The molecule has 4 saturated heterocycles. The summed E-state index contributed by atoms with van der Waals surface area (Å²) in [6.07, 6.45) is 1.37. The van der Waals surface area contributed by atoms with Crippen LogP contribution in [0.4, 0.5) is 0 Å². The van der Waals surface area contributed by atoms with E-state index in [4.69, 9.17) is 38.6 Å². The lowest BCUT2D eigenvalue weighted by Gasteiger charge is -2.56. The van der Waals surface area contributed by atoms with Gasteiger partial charge in [0.1, 0.15) is 11.5 Å². The third-order valence-corrected chi connectivity index (χ3v) is 7.79. The number of phenols is 3. The Hall–Kier alpha value is -4.05. The van der Waals surface area contributed by atoms with E-state index in [1.165, 1.54) is 47.1 Å². The SMILES string of the molecule is C1N2CN3CN1CN(C2)C3.COc1c(C)cc(Br)cc1O.Cc1cc(O)c(C=O)c(Br)c1.Cc1cc(O)cc(Br)c1.O=C=O.O=C=O.O=C=O. The summed E-state index contributed by atoms with van der Waals surface area (Å²) in [4.78, 5) is 69.0. The number of carbonyl (C=O) groups excluding carboxylic acids is 7. The molecule has 0 unspecified atom stereocenters. The van der Waals surface area contributed by atoms with Crippen molar-refractivity contribution in [2.45, 2.75) is 20.8 Å². The van der Waals surface area contributed by atoms with E-state index in [2.05, 4.69) is 67.4 Å². The maximum Gasteiger partial charge on any atom is 0.373 e. The first kappa shape index (κ1) is 46.0. The number of rotatable bonds is 2. The zero-order valence-electron chi connectivity index (χ0n) is 27.4. The summed E-state index contributed by atoms with van der Waals surface area (Å²) in [5.41, 5.74) is 3.19. The summed E-state index contributed by atoms with van der Waals surface area (Å²) in [5.74, 6) is 1.03. The Morgan fingerprint density at radius 1 is 0.620 bits per heavy atom. The minimum atomic E-state index is 0.0203. The van der Waals surface area contributed by atoms with Crippen LogP contribution in [0.1, 0.15) is 27.0 Å². The van der Waals surface area contributed by atoms with Crippen molar-refractivity contribution in [2.24, 2.45) is 0 Å². The molecule has 3 N–H and O–H groups in total. The number of hydrogen-bond donors (Lipinski definition) is 3. The topological polar surface area (TPSA) is 202 Å². The number of benzene rings is 3. The second kappa shape index (κ2) is 25.0. The normalized spacial score (nSPS) is 18.0. The van der Waals surface area contributed by atoms with Gasteiger partial charge in [0.2, 0.25) is 0 Å². The standard InChI is InChI=1S/C8H9BrO2.C8H7BrO2.C7H7BrO.C6H12N4.3CO2/c1-5-3-6(9)4-7(10)8(5)11-2;1-5-2-7(9)6(4-10)8(11)3-5;1-5-2-6(8)4-7(9)3-5;1-7-2-9-4-8(1)5-10(3-7)6-9;3*2-1-3/h3-4,10H,1-2H3;2-4,11H,1H3;2-4,9H,1H3;1-6H2;;;.